The Morgan fingerprint density at radius 1 is 1.75 bits per heavy atom. The highest BCUT2D eigenvalue weighted by Crippen LogP contribution is 2.49. The van der Waals surface area contributed by atoms with Gasteiger partial charge in [0.2, 0.25) is 0 Å². The van der Waals surface area contributed by atoms with Gasteiger partial charge in [-0.1, -0.05) is 0 Å². The molecule has 3 nitrogen and oxygen atoms in total. The molecule has 1 N–H and O–H groups in total. The van der Waals surface area contributed by atoms with Crippen molar-refractivity contribution in [1.29, 1.82) is 0 Å². The van der Waals surface area contributed by atoms with Crippen LogP contribution in [0.5, 0.6) is 0 Å². The van der Waals surface area contributed by atoms with Crippen LogP contribution < -0.4 is 0 Å². The molecule has 1 aliphatic carbocycles. The summed E-state index contributed by atoms with van der Waals surface area (Å²) in [4.78, 5) is 10.5. The number of hydrogen-bond donors (Lipinski definition) is 1. The predicted molar refractivity (Wildman–Crippen MR) is 44.9 cm³/mol. The first-order chi connectivity index (χ1) is 5.70. The van der Waals surface area contributed by atoms with Crippen LogP contribution in [-0.4, -0.2) is 11.1 Å². The number of rotatable bonds is 2. The van der Waals surface area contributed by atoms with Gasteiger partial charge < -0.3 is 9.52 Å². The summed E-state index contributed by atoms with van der Waals surface area (Å²) in [5.74, 6) is -0.134. The van der Waals surface area contributed by atoms with Crippen LogP contribution in [-0.2, 0) is 4.79 Å². The van der Waals surface area contributed by atoms with Crippen LogP contribution >= 0.6 is 15.9 Å². The third kappa shape index (κ3) is 1.16. The van der Waals surface area contributed by atoms with Gasteiger partial charge in [0.15, 0.2) is 0 Å². The van der Waals surface area contributed by atoms with E-state index < -0.39 is 5.97 Å². The zero-order valence-electron chi connectivity index (χ0n) is 6.16. The summed E-state index contributed by atoms with van der Waals surface area (Å²) in [6, 6.07) is 1.78. The molecule has 4 heteroatoms. The number of carbonyl (C=O) groups is 1. The summed E-state index contributed by atoms with van der Waals surface area (Å²) < 4.78 is 6.03. The van der Waals surface area contributed by atoms with Crippen LogP contribution in [0.25, 0.3) is 0 Å². The summed E-state index contributed by atoms with van der Waals surface area (Å²) in [6.45, 7) is 0. The van der Waals surface area contributed by atoms with Gasteiger partial charge >= 0.3 is 5.97 Å². The maximum absolute atomic E-state index is 10.5. The summed E-state index contributed by atoms with van der Waals surface area (Å²) in [7, 11) is 0. The minimum atomic E-state index is -0.733. The third-order valence-corrected chi connectivity index (χ3v) is 2.74. The summed E-state index contributed by atoms with van der Waals surface area (Å²) in [5.41, 5.74) is 0. The van der Waals surface area contributed by atoms with E-state index >= 15 is 0 Å². The van der Waals surface area contributed by atoms with E-state index in [4.69, 9.17) is 9.52 Å². The maximum Gasteiger partial charge on any atom is 0.307 e. The lowest BCUT2D eigenvalue weighted by molar-refractivity contribution is -0.138. The summed E-state index contributed by atoms with van der Waals surface area (Å²) >= 11 is 3.30. The van der Waals surface area contributed by atoms with E-state index in [0.717, 1.165) is 10.2 Å². The van der Waals surface area contributed by atoms with E-state index in [1.807, 2.05) is 0 Å². The molecule has 0 unspecified atom stereocenters. The van der Waals surface area contributed by atoms with Crippen molar-refractivity contribution in [2.75, 3.05) is 0 Å². The zero-order valence-corrected chi connectivity index (χ0v) is 7.74. The lowest BCUT2D eigenvalue weighted by Gasteiger charge is -1.92. The van der Waals surface area contributed by atoms with Crippen LogP contribution in [0.1, 0.15) is 18.1 Å². The van der Waals surface area contributed by atoms with Crippen molar-refractivity contribution in [3.63, 3.8) is 0 Å². The summed E-state index contributed by atoms with van der Waals surface area (Å²) in [5, 5.41) is 8.66. The minimum Gasteiger partial charge on any atom is -0.481 e. The number of carboxylic acids is 1. The highest BCUT2D eigenvalue weighted by molar-refractivity contribution is 9.10. The molecule has 1 aromatic rings. The molecule has 0 bridgehead atoms. The fourth-order valence-electron chi connectivity index (χ4n) is 1.33. The van der Waals surface area contributed by atoms with E-state index in [-0.39, 0.29) is 11.8 Å². The molecule has 0 aromatic carbocycles. The molecule has 1 aromatic heterocycles. The fraction of sp³-hybridized carbons (Fsp3) is 0.375. The number of aliphatic carboxylic acids is 1. The highest BCUT2D eigenvalue weighted by atomic mass is 79.9. The SMILES string of the molecule is O=C(O)[C@@H]1C[C@H]1c1occc1Br. The van der Waals surface area contributed by atoms with Gasteiger partial charge in [-0.15, -0.1) is 0 Å². The smallest absolute Gasteiger partial charge is 0.307 e. The monoisotopic (exact) mass is 230 g/mol. The van der Waals surface area contributed by atoms with Crippen LogP contribution in [0.4, 0.5) is 0 Å². The number of carboxylic acid groups (broad SMARTS) is 1. The number of furan rings is 1. The Kier molecular flexibility index (Phi) is 1.72. The van der Waals surface area contributed by atoms with Crippen molar-refractivity contribution in [3.8, 4) is 0 Å². The van der Waals surface area contributed by atoms with Crippen LogP contribution in [0.3, 0.4) is 0 Å². The standard InChI is InChI=1S/C8H7BrO3/c9-6-1-2-12-7(6)4-3-5(4)8(10)11/h1-2,4-5H,3H2,(H,10,11)/t4-,5-/m1/s1. The zero-order chi connectivity index (χ0) is 8.72. The molecule has 0 amide bonds. The molecular formula is C8H7BrO3. The average molecular weight is 231 g/mol. The Hall–Kier alpha value is -0.770. The molecule has 1 heterocycles. The van der Waals surface area contributed by atoms with Gasteiger partial charge in [-0.2, -0.15) is 0 Å². The van der Waals surface area contributed by atoms with Crippen LogP contribution in [0.2, 0.25) is 0 Å². The first-order valence-corrected chi connectivity index (χ1v) is 4.45. The van der Waals surface area contributed by atoms with Gasteiger partial charge in [0.25, 0.3) is 0 Å². The lowest BCUT2D eigenvalue weighted by Crippen LogP contribution is -1.98. The highest BCUT2D eigenvalue weighted by Gasteiger charge is 2.47. The van der Waals surface area contributed by atoms with Crippen molar-refractivity contribution in [3.05, 3.63) is 22.6 Å². The van der Waals surface area contributed by atoms with Gasteiger partial charge in [0, 0.05) is 5.92 Å². The first kappa shape index (κ1) is 7.86. The second-order valence-electron chi connectivity index (χ2n) is 2.92. The lowest BCUT2D eigenvalue weighted by atomic mass is 10.2. The van der Waals surface area contributed by atoms with E-state index in [1.54, 1.807) is 12.3 Å². The summed E-state index contributed by atoms with van der Waals surface area (Å²) in [6.07, 6.45) is 2.26. The molecule has 12 heavy (non-hydrogen) atoms. The molecule has 1 fully saturated rings. The van der Waals surface area contributed by atoms with Crippen molar-refractivity contribution in [1.82, 2.24) is 0 Å². The van der Waals surface area contributed by atoms with Crippen molar-refractivity contribution in [2.24, 2.45) is 5.92 Å². The Balaban J connectivity index is 2.15. The van der Waals surface area contributed by atoms with E-state index in [2.05, 4.69) is 15.9 Å². The molecule has 1 aliphatic rings. The van der Waals surface area contributed by atoms with Gasteiger partial charge in [-0.25, -0.2) is 0 Å². The largest absolute Gasteiger partial charge is 0.481 e. The molecule has 0 radical (unpaired) electrons. The van der Waals surface area contributed by atoms with Gasteiger partial charge in [-0.05, 0) is 28.4 Å². The number of halogens is 1. The molecule has 2 atom stereocenters. The average Bonchev–Trinajstić information content (AvgIpc) is 2.70. The Labute approximate surface area is 77.5 Å². The molecule has 64 valence electrons. The third-order valence-electron chi connectivity index (χ3n) is 2.09. The second-order valence-corrected chi connectivity index (χ2v) is 3.77. The van der Waals surface area contributed by atoms with E-state index in [9.17, 15) is 4.79 Å². The molecular weight excluding hydrogens is 224 g/mol. The fourth-order valence-corrected chi connectivity index (χ4v) is 1.82. The second kappa shape index (κ2) is 2.62. The van der Waals surface area contributed by atoms with E-state index in [1.165, 1.54) is 0 Å². The van der Waals surface area contributed by atoms with Crippen molar-refractivity contribution < 1.29 is 14.3 Å². The van der Waals surface area contributed by atoms with Crippen LogP contribution in [0, 0.1) is 5.92 Å². The van der Waals surface area contributed by atoms with Gasteiger partial charge in [0.05, 0.1) is 16.7 Å². The number of hydrogen-bond acceptors (Lipinski definition) is 2. The topological polar surface area (TPSA) is 50.4 Å². The predicted octanol–water partition coefficient (Wildman–Crippen LogP) is 2.23. The van der Waals surface area contributed by atoms with E-state index in [0.29, 0.717) is 6.42 Å². The Bertz CT molecular complexity index is 318. The Morgan fingerprint density at radius 2 is 2.50 bits per heavy atom. The minimum absolute atomic E-state index is 0.0758. The van der Waals surface area contributed by atoms with Crippen molar-refractivity contribution in [2.45, 2.75) is 12.3 Å². The molecule has 1 saturated carbocycles. The molecule has 0 aliphatic heterocycles. The maximum atomic E-state index is 10.5. The quantitative estimate of drug-likeness (QED) is 0.848. The van der Waals surface area contributed by atoms with Gasteiger partial charge in [0.1, 0.15) is 5.76 Å². The van der Waals surface area contributed by atoms with Crippen molar-refractivity contribution >= 4 is 21.9 Å². The Morgan fingerprint density at radius 3 is 2.92 bits per heavy atom. The van der Waals surface area contributed by atoms with Gasteiger partial charge in [-0.3, -0.25) is 4.79 Å². The molecule has 0 saturated heterocycles. The first-order valence-electron chi connectivity index (χ1n) is 3.66. The molecule has 0 spiro atoms. The normalized spacial score (nSPS) is 27.1. The van der Waals surface area contributed by atoms with Crippen LogP contribution in [0.15, 0.2) is 21.2 Å². The molecule has 2 rings (SSSR count).